The van der Waals surface area contributed by atoms with E-state index >= 15 is 0 Å². The van der Waals surface area contributed by atoms with Crippen molar-refractivity contribution in [2.45, 2.75) is 6.42 Å². The van der Waals surface area contributed by atoms with E-state index < -0.39 is 0 Å². The molecule has 0 spiro atoms. The van der Waals surface area contributed by atoms with Crippen LogP contribution in [0.1, 0.15) is 5.82 Å². The Morgan fingerprint density at radius 2 is 2.47 bits per heavy atom. The molecule has 0 amide bonds. The molecule has 0 aliphatic heterocycles. The summed E-state index contributed by atoms with van der Waals surface area (Å²) in [5.74, 6) is 0.949. The van der Waals surface area contributed by atoms with E-state index in [-0.39, 0.29) is 0 Å². The Hall–Kier alpha value is -1.14. The zero-order valence-corrected chi connectivity index (χ0v) is 9.72. The molecule has 0 atom stereocenters. The highest BCUT2D eigenvalue weighted by molar-refractivity contribution is 7.14. The second kappa shape index (κ2) is 4.59. The highest BCUT2D eigenvalue weighted by Crippen LogP contribution is 2.18. The smallest absolute Gasteiger partial charge is 0.184 e. The third-order valence-electron chi connectivity index (χ3n) is 1.91. The molecule has 0 saturated heterocycles. The SMILES string of the molecule is Cn1cnnc1CCNc1nc(Cl)cs1. The van der Waals surface area contributed by atoms with Gasteiger partial charge in [-0.05, 0) is 0 Å². The van der Waals surface area contributed by atoms with Gasteiger partial charge in [-0.1, -0.05) is 11.6 Å². The van der Waals surface area contributed by atoms with Crippen molar-refractivity contribution >= 4 is 28.1 Å². The average Bonchev–Trinajstić information content (AvgIpc) is 2.77. The van der Waals surface area contributed by atoms with Gasteiger partial charge in [0.15, 0.2) is 5.13 Å². The largest absolute Gasteiger partial charge is 0.361 e. The maximum atomic E-state index is 5.70. The molecule has 2 aromatic heterocycles. The predicted molar refractivity (Wildman–Crippen MR) is 60.3 cm³/mol. The zero-order chi connectivity index (χ0) is 10.7. The number of thiazole rings is 1. The topological polar surface area (TPSA) is 55.6 Å². The first-order chi connectivity index (χ1) is 7.25. The lowest BCUT2D eigenvalue weighted by atomic mass is 10.4. The minimum atomic E-state index is 0.529. The van der Waals surface area contributed by atoms with Crippen LogP contribution in [-0.2, 0) is 13.5 Å². The van der Waals surface area contributed by atoms with E-state index in [9.17, 15) is 0 Å². The molecule has 0 aromatic carbocycles. The van der Waals surface area contributed by atoms with E-state index in [1.165, 1.54) is 11.3 Å². The first-order valence-corrected chi connectivity index (χ1v) is 5.69. The number of aromatic nitrogens is 4. The van der Waals surface area contributed by atoms with Crippen LogP contribution in [0.3, 0.4) is 0 Å². The van der Waals surface area contributed by atoms with Gasteiger partial charge in [0, 0.05) is 25.4 Å². The molecule has 0 unspecified atom stereocenters. The van der Waals surface area contributed by atoms with Crippen LogP contribution in [-0.4, -0.2) is 26.3 Å². The van der Waals surface area contributed by atoms with Gasteiger partial charge in [-0.25, -0.2) is 4.98 Å². The summed E-state index contributed by atoms with van der Waals surface area (Å²) in [6.07, 6.45) is 2.50. The Labute approximate surface area is 96.1 Å². The number of aryl methyl sites for hydroxylation is 1. The maximum Gasteiger partial charge on any atom is 0.184 e. The van der Waals surface area contributed by atoms with E-state index in [0.29, 0.717) is 5.15 Å². The summed E-state index contributed by atoms with van der Waals surface area (Å²) >= 11 is 7.19. The summed E-state index contributed by atoms with van der Waals surface area (Å²) in [6, 6.07) is 0. The first kappa shape index (κ1) is 10.4. The molecule has 0 fully saturated rings. The van der Waals surface area contributed by atoms with Crippen LogP contribution in [0.15, 0.2) is 11.7 Å². The number of nitrogens with zero attached hydrogens (tertiary/aromatic N) is 4. The normalized spacial score (nSPS) is 10.5. The third kappa shape index (κ3) is 2.66. The monoisotopic (exact) mass is 243 g/mol. The molecule has 2 aromatic rings. The van der Waals surface area contributed by atoms with E-state index in [2.05, 4.69) is 20.5 Å². The quantitative estimate of drug-likeness (QED) is 0.886. The third-order valence-corrected chi connectivity index (χ3v) is 3.03. The molecule has 0 saturated carbocycles. The Balaban J connectivity index is 1.83. The summed E-state index contributed by atoms with van der Waals surface area (Å²) in [5.41, 5.74) is 0. The van der Waals surface area contributed by atoms with Crippen LogP contribution < -0.4 is 5.32 Å². The number of hydrogen-bond acceptors (Lipinski definition) is 5. The van der Waals surface area contributed by atoms with Crippen molar-refractivity contribution < 1.29 is 0 Å². The summed E-state index contributed by atoms with van der Waals surface area (Å²) in [6.45, 7) is 0.774. The minimum absolute atomic E-state index is 0.529. The molecule has 80 valence electrons. The molecule has 0 bridgehead atoms. The standard InChI is InChI=1S/C8H10ClN5S/c1-14-5-11-13-7(14)2-3-10-8-12-6(9)4-15-8/h4-5H,2-3H2,1H3,(H,10,12). The van der Waals surface area contributed by atoms with Gasteiger partial charge in [0.2, 0.25) is 0 Å². The van der Waals surface area contributed by atoms with Crippen molar-refractivity contribution in [3.8, 4) is 0 Å². The molecule has 7 heteroatoms. The average molecular weight is 244 g/mol. The molecule has 2 rings (SSSR count). The van der Waals surface area contributed by atoms with Gasteiger partial charge in [-0.2, -0.15) is 0 Å². The molecule has 1 N–H and O–H groups in total. The number of anilines is 1. The second-order valence-electron chi connectivity index (χ2n) is 3.01. The van der Waals surface area contributed by atoms with Crippen LogP contribution in [0.5, 0.6) is 0 Å². The van der Waals surface area contributed by atoms with Crippen molar-refractivity contribution in [2.24, 2.45) is 7.05 Å². The molecule has 15 heavy (non-hydrogen) atoms. The molecule has 0 aliphatic carbocycles. The number of halogens is 1. The summed E-state index contributed by atoms with van der Waals surface area (Å²) in [4.78, 5) is 4.08. The van der Waals surface area contributed by atoms with Crippen molar-refractivity contribution in [2.75, 3.05) is 11.9 Å². The van der Waals surface area contributed by atoms with Crippen molar-refractivity contribution in [1.29, 1.82) is 0 Å². The lowest BCUT2D eigenvalue weighted by molar-refractivity contribution is 0.788. The lowest BCUT2D eigenvalue weighted by Gasteiger charge is -2.01. The maximum absolute atomic E-state index is 5.70. The van der Waals surface area contributed by atoms with Gasteiger partial charge in [-0.3, -0.25) is 0 Å². The summed E-state index contributed by atoms with van der Waals surface area (Å²) in [5, 5.41) is 14.1. The Morgan fingerprint density at radius 1 is 1.60 bits per heavy atom. The van der Waals surface area contributed by atoms with E-state index in [1.807, 2.05) is 11.6 Å². The van der Waals surface area contributed by atoms with Gasteiger partial charge < -0.3 is 9.88 Å². The summed E-state index contributed by atoms with van der Waals surface area (Å²) in [7, 11) is 1.93. The molecule has 0 radical (unpaired) electrons. The van der Waals surface area contributed by atoms with Crippen LogP contribution >= 0.6 is 22.9 Å². The van der Waals surface area contributed by atoms with Gasteiger partial charge in [0.25, 0.3) is 0 Å². The molecule has 2 heterocycles. The first-order valence-electron chi connectivity index (χ1n) is 4.43. The molecule has 5 nitrogen and oxygen atoms in total. The lowest BCUT2D eigenvalue weighted by Crippen LogP contribution is -2.08. The van der Waals surface area contributed by atoms with Crippen LogP contribution in [0.25, 0.3) is 0 Å². The van der Waals surface area contributed by atoms with Crippen LogP contribution in [0, 0.1) is 0 Å². The number of rotatable bonds is 4. The highest BCUT2D eigenvalue weighted by atomic mass is 35.5. The zero-order valence-electron chi connectivity index (χ0n) is 8.14. The van der Waals surface area contributed by atoms with Crippen LogP contribution in [0.2, 0.25) is 5.15 Å². The fraction of sp³-hybridized carbons (Fsp3) is 0.375. The Kier molecular flexibility index (Phi) is 3.17. The minimum Gasteiger partial charge on any atom is -0.361 e. The van der Waals surface area contributed by atoms with Crippen molar-refractivity contribution in [3.05, 3.63) is 22.7 Å². The Bertz CT molecular complexity index is 438. The van der Waals surface area contributed by atoms with Crippen molar-refractivity contribution in [1.82, 2.24) is 19.7 Å². The van der Waals surface area contributed by atoms with Gasteiger partial charge in [0.05, 0.1) is 0 Å². The van der Waals surface area contributed by atoms with E-state index in [0.717, 1.165) is 23.9 Å². The summed E-state index contributed by atoms with van der Waals surface area (Å²) < 4.78 is 1.90. The van der Waals surface area contributed by atoms with Crippen LogP contribution in [0.4, 0.5) is 5.13 Å². The molecular weight excluding hydrogens is 234 g/mol. The number of hydrogen-bond donors (Lipinski definition) is 1. The second-order valence-corrected chi connectivity index (χ2v) is 4.26. The Morgan fingerprint density at radius 3 is 3.07 bits per heavy atom. The van der Waals surface area contributed by atoms with Crippen molar-refractivity contribution in [3.63, 3.8) is 0 Å². The van der Waals surface area contributed by atoms with Gasteiger partial charge in [0.1, 0.15) is 17.3 Å². The van der Waals surface area contributed by atoms with E-state index in [1.54, 1.807) is 11.7 Å². The molecule has 0 aliphatic rings. The van der Waals surface area contributed by atoms with Gasteiger partial charge >= 0.3 is 0 Å². The fourth-order valence-electron chi connectivity index (χ4n) is 1.15. The van der Waals surface area contributed by atoms with E-state index in [4.69, 9.17) is 11.6 Å². The predicted octanol–water partition coefficient (Wildman–Crippen LogP) is 1.58. The number of nitrogens with one attached hydrogen (secondary N) is 1. The molecular formula is C8H10ClN5S. The highest BCUT2D eigenvalue weighted by Gasteiger charge is 2.01. The fourth-order valence-corrected chi connectivity index (χ4v) is 2.02. The van der Waals surface area contributed by atoms with Gasteiger partial charge in [-0.15, -0.1) is 21.5 Å².